The Morgan fingerprint density at radius 1 is 0.818 bits per heavy atom. The summed E-state index contributed by atoms with van der Waals surface area (Å²) in [6.45, 7) is 0. The zero-order valence-corrected chi connectivity index (χ0v) is 25.1. The van der Waals surface area contributed by atoms with E-state index in [-0.39, 0.29) is 5.91 Å². The number of para-hydroxylation sites is 1. The molecule has 0 spiro atoms. The molecule has 8 heteroatoms. The molecular formula is C36H35N3O5. The van der Waals surface area contributed by atoms with Crippen LogP contribution in [-0.4, -0.2) is 51.2 Å². The molecule has 3 N–H and O–H groups in total. The molecule has 2 amide bonds. The van der Waals surface area contributed by atoms with Gasteiger partial charge in [-0.25, -0.2) is 0 Å². The minimum Gasteiger partial charge on any atom is -0.493 e. The third-order valence-corrected chi connectivity index (χ3v) is 7.51. The van der Waals surface area contributed by atoms with E-state index in [1.165, 1.54) is 7.11 Å². The van der Waals surface area contributed by atoms with Gasteiger partial charge in [0.05, 0.1) is 21.3 Å². The van der Waals surface area contributed by atoms with Gasteiger partial charge in [0.15, 0.2) is 11.5 Å². The van der Waals surface area contributed by atoms with Crippen molar-refractivity contribution in [3.05, 3.63) is 114 Å². The second-order valence-corrected chi connectivity index (χ2v) is 10.2. The van der Waals surface area contributed by atoms with E-state index >= 15 is 0 Å². The molecule has 4 aromatic carbocycles. The molecule has 0 aliphatic carbocycles. The number of methoxy groups -OCH3 is 3. The van der Waals surface area contributed by atoms with Gasteiger partial charge in [0.2, 0.25) is 11.7 Å². The van der Waals surface area contributed by atoms with Gasteiger partial charge in [0.25, 0.3) is 5.91 Å². The van der Waals surface area contributed by atoms with Gasteiger partial charge in [-0.05, 0) is 52.1 Å². The molecule has 0 aliphatic rings. The smallest absolute Gasteiger partial charge is 0.252 e. The van der Waals surface area contributed by atoms with E-state index in [1.54, 1.807) is 39.5 Å². The van der Waals surface area contributed by atoms with E-state index in [2.05, 4.69) is 15.6 Å². The van der Waals surface area contributed by atoms with E-state index in [0.717, 1.165) is 27.6 Å². The van der Waals surface area contributed by atoms with Crippen LogP contribution in [0, 0.1) is 0 Å². The fraction of sp³-hybridized carbons (Fsp3) is 0.167. The van der Waals surface area contributed by atoms with E-state index in [0.29, 0.717) is 40.4 Å². The summed E-state index contributed by atoms with van der Waals surface area (Å²) in [6, 6.07) is 28.4. The molecule has 1 heterocycles. The summed E-state index contributed by atoms with van der Waals surface area (Å²) in [5.41, 5.74) is 5.68. The monoisotopic (exact) mass is 589 g/mol. The second kappa shape index (κ2) is 13.6. The molecular weight excluding hydrogens is 554 g/mol. The lowest BCUT2D eigenvalue weighted by atomic mass is 9.97. The van der Waals surface area contributed by atoms with Crippen LogP contribution in [0.5, 0.6) is 17.2 Å². The number of amides is 2. The lowest BCUT2D eigenvalue weighted by molar-refractivity contribution is -0.126. The number of fused-ring (bicyclic) bond motifs is 1. The number of likely N-dealkylation sites (N-methyl/N-ethyl adjacent to an activating group) is 1. The Bertz CT molecular complexity index is 1770. The van der Waals surface area contributed by atoms with Gasteiger partial charge in [0, 0.05) is 36.1 Å². The molecule has 0 bridgehead atoms. The summed E-state index contributed by atoms with van der Waals surface area (Å²) in [6.07, 6.45) is 3.94. The molecule has 1 atom stereocenters. The van der Waals surface area contributed by atoms with Crippen LogP contribution >= 0.6 is 0 Å². The fourth-order valence-electron chi connectivity index (χ4n) is 5.24. The topological polar surface area (TPSA) is 102 Å². The number of hydrogen-bond donors (Lipinski definition) is 3. The maximum Gasteiger partial charge on any atom is 0.252 e. The molecule has 0 unspecified atom stereocenters. The van der Waals surface area contributed by atoms with Gasteiger partial charge in [-0.15, -0.1) is 0 Å². The average Bonchev–Trinajstić information content (AvgIpc) is 3.49. The summed E-state index contributed by atoms with van der Waals surface area (Å²) >= 11 is 0. The van der Waals surface area contributed by atoms with Crippen molar-refractivity contribution in [1.82, 2.24) is 15.6 Å². The highest BCUT2D eigenvalue weighted by Crippen LogP contribution is 2.39. The zero-order valence-electron chi connectivity index (χ0n) is 25.1. The number of nitrogens with one attached hydrogen (secondary N) is 3. The average molecular weight is 590 g/mol. The first-order valence-corrected chi connectivity index (χ1v) is 14.2. The van der Waals surface area contributed by atoms with E-state index in [1.807, 2.05) is 85.1 Å². The van der Waals surface area contributed by atoms with Crippen LogP contribution in [0.3, 0.4) is 0 Å². The van der Waals surface area contributed by atoms with Crippen molar-refractivity contribution in [1.29, 1.82) is 0 Å². The Hall–Kier alpha value is -5.50. The molecule has 5 rings (SSSR count). The predicted molar refractivity (Wildman–Crippen MR) is 174 cm³/mol. The van der Waals surface area contributed by atoms with Gasteiger partial charge in [-0.2, -0.15) is 0 Å². The van der Waals surface area contributed by atoms with Crippen molar-refractivity contribution in [3.8, 4) is 28.4 Å². The van der Waals surface area contributed by atoms with Crippen LogP contribution in [0.1, 0.15) is 16.7 Å². The number of hydrogen-bond acceptors (Lipinski definition) is 5. The minimum atomic E-state index is -0.821. The number of ether oxygens (including phenoxy) is 3. The SMILES string of the molecule is CNC(=O)[C@H](Cc1c[nH]c2ccccc12)NC(=O)/C(=C\c1cc(OC)c(OC)c(OC)c1)c1ccc(-c2ccccc2)cc1. The number of benzene rings is 4. The Balaban J connectivity index is 1.54. The van der Waals surface area contributed by atoms with Crippen molar-refractivity contribution < 1.29 is 23.8 Å². The zero-order chi connectivity index (χ0) is 31.1. The molecule has 0 radical (unpaired) electrons. The number of aromatic amines is 1. The molecule has 44 heavy (non-hydrogen) atoms. The summed E-state index contributed by atoms with van der Waals surface area (Å²) in [4.78, 5) is 30.4. The van der Waals surface area contributed by atoms with Crippen LogP contribution in [0.2, 0.25) is 0 Å². The lowest BCUT2D eigenvalue weighted by Gasteiger charge is -2.19. The van der Waals surface area contributed by atoms with Crippen molar-refractivity contribution in [2.45, 2.75) is 12.5 Å². The number of H-pyrrole nitrogens is 1. The Labute approximate surface area is 256 Å². The van der Waals surface area contributed by atoms with E-state index < -0.39 is 11.9 Å². The van der Waals surface area contributed by atoms with Gasteiger partial charge >= 0.3 is 0 Å². The molecule has 0 saturated heterocycles. The fourth-order valence-corrected chi connectivity index (χ4v) is 5.24. The van der Waals surface area contributed by atoms with Crippen LogP contribution in [0.4, 0.5) is 0 Å². The van der Waals surface area contributed by atoms with Crippen molar-refractivity contribution >= 4 is 34.4 Å². The molecule has 1 aromatic heterocycles. The van der Waals surface area contributed by atoms with Crippen LogP contribution in [-0.2, 0) is 16.0 Å². The van der Waals surface area contributed by atoms with Crippen LogP contribution in [0.15, 0.2) is 97.2 Å². The Kier molecular flexibility index (Phi) is 9.30. The maximum absolute atomic E-state index is 14.1. The van der Waals surface area contributed by atoms with E-state index in [4.69, 9.17) is 14.2 Å². The van der Waals surface area contributed by atoms with Crippen molar-refractivity contribution in [2.75, 3.05) is 28.4 Å². The first-order valence-electron chi connectivity index (χ1n) is 14.2. The number of carbonyl (C=O) groups excluding carboxylic acids is 2. The van der Waals surface area contributed by atoms with E-state index in [9.17, 15) is 9.59 Å². The van der Waals surface area contributed by atoms with Crippen molar-refractivity contribution in [2.24, 2.45) is 0 Å². The Morgan fingerprint density at radius 3 is 2.09 bits per heavy atom. The number of carbonyl (C=O) groups is 2. The highest BCUT2D eigenvalue weighted by atomic mass is 16.5. The summed E-state index contributed by atoms with van der Waals surface area (Å²) in [5, 5.41) is 6.69. The van der Waals surface area contributed by atoms with Crippen LogP contribution in [0.25, 0.3) is 33.7 Å². The first kappa shape index (κ1) is 30.0. The molecule has 0 saturated carbocycles. The molecule has 5 aromatic rings. The molecule has 8 nitrogen and oxygen atoms in total. The largest absolute Gasteiger partial charge is 0.493 e. The molecule has 0 aliphatic heterocycles. The number of rotatable bonds is 11. The Morgan fingerprint density at radius 2 is 1.45 bits per heavy atom. The summed E-state index contributed by atoms with van der Waals surface area (Å²) in [7, 11) is 6.18. The molecule has 0 fully saturated rings. The highest BCUT2D eigenvalue weighted by molar-refractivity contribution is 6.25. The first-order chi connectivity index (χ1) is 21.4. The third-order valence-electron chi connectivity index (χ3n) is 7.51. The predicted octanol–water partition coefficient (Wildman–Crippen LogP) is 5.87. The number of aromatic nitrogens is 1. The van der Waals surface area contributed by atoms with Gasteiger partial charge in [0.1, 0.15) is 6.04 Å². The third kappa shape index (κ3) is 6.44. The highest BCUT2D eigenvalue weighted by Gasteiger charge is 2.24. The quantitative estimate of drug-likeness (QED) is 0.132. The summed E-state index contributed by atoms with van der Waals surface area (Å²) < 4.78 is 16.6. The normalized spacial score (nSPS) is 12.0. The van der Waals surface area contributed by atoms with Gasteiger partial charge in [-0.3, -0.25) is 9.59 Å². The van der Waals surface area contributed by atoms with Crippen LogP contribution < -0.4 is 24.8 Å². The lowest BCUT2D eigenvalue weighted by Crippen LogP contribution is -2.47. The maximum atomic E-state index is 14.1. The van der Waals surface area contributed by atoms with Crippen molar-refractivity contribution in [3.63, 3.8) is 0 Å². The van der Waals surface area contributed by atoms with Gasteiger partial charge in [-0.1, -0.05) is 72.8 Å². The minimum absolute atomic E-state index is 0.296. The van der Waals surface area contributed by atoms with Gasteiger partial charge < -0.3 is 29.8 Å². The molecule has 224 valence electrons. The second-order valence-electron chi connectivity index (χ2n) is 10.2. The summed E-state index contributed by atoms with van der Waals surface area (Å²) in [5.74, 6) is 0.665. The standard InChI is InChI=1S/C36H35N3O5/c1-37-36(41)31(21-27-22-38-30-13-9-8-12-28(27)30)39-35(40)29(18-23-19-32(42-2)34(44-4)33(20-23)43-3)26-16-14-25(15-17-26)24-10-6-5-7-11-24/h5-20,22,31,38H,21H2,1-4H3,(H,37,41)(H,39,40)/b29-18-/t31-/m0/s1.